The molecule has 1 heterocycles. The van der Waals surface area contributed by atoms with Crippen molar-refractivity contribution in [1.82, 2.24) is 20.2 Å². The van der Waals surface area contributed by atoms with E-state index in [1.807, 2.05) is 55.6 Å². The first-order valence-corrected chi connectivity index (χ1v) is 12.3. The minimum Gasteiger partial charge on any atom is -0.502 e. The number of ether oxygens (including phenoxy) is 3. The summed E-state index contributed by atoms with van der Waals surface area (Å²) in [6.45, 7) is 0.291. The highest BCUT2D eigenvalue weighted by atomic mass is 32.1. The molecule has 3 aromatic carbocycles. The Labute approximate surface area is 225 Å². The van der Waals surface area contributed by atoms with Crippen molar-refractivity contribution >= 4 is 29.7 Å². The van der Waals surface area contributed by atoms with E-state index >= 15 is 0 Å². The molecule has 4 aromatic rings. The lowest BCUT2D eigenvalue weighted by Crippen LogP contribution is -2.10. The smallest absolute Gasteiger partial charge is 0.242 e. The number of anilines is 2. The summed E-state index contributed by atoms with van der Waals surface area (Å²) < 4.78 is 18.4. The summed E-state index contributed by atoms with van der Waals surface area (Å²) in [7, 11) is 4.93. The van der Waals surface area contributed by atoms with E-state index in [0.29, 0.717) is 23.0 Å². The molecule has 0 bridgehead atoms. The molecular formula is C27H30N6O4S. The van der Waals surface area contributed by atoms with Gasteiger partial charge in [0.1, 0.15) is 5.75 Å². The van der Waals surface area contributed by atoms with E-state index in [1.54, 1.807) is 16.8 Å². The molecule has 4 N–H and O–H groups in total. The third kappa shape index (κ3) is 6.43. The second kappa shape index (κ2) is 12.6. The van der Waals surface area contributed by atoms with Gasteiger partial charge in [-0.05, 0) is 84.7 Å². The quantitative estimate of drug-likeness (QED) is 0.144. The Kier molecular flexibility index (Phi) is 8.83. The first kappa shape index (κ1) is 26.6. The van der Waals surface area contributed by atoms with Crippen LogP contribution in [0, 0.1) is 4.77 Å². The molecule has 11 heteroatoms. The molecule has 10 nitrogen and oxygen atoms in total. The maximum absolute atomic E-state index is 10.1. The van der Waals surface area contributed by atoms with Crippen LogP contribution in [0.4, 0.5) is 11.4 Å². The van der Waals surface area contributed by atoms with E-state index in [1.165, 1.54) is 14.2 Å². The van der Waals surface area contributed by atoms with Crippen LogP contribution in [-0.4, -0.2) is 53.3 Å². The summed E-state index contributed by atoms with van der Waals surface area (Å²) in [5.41, 5.74) is 4.76. The van der Waals surface area contributed by atoms with Gasteiger partial charge in [0, 0.05) is 18.4 Å². The molecule has 0 radical (unpaired) electrons. The Hall–Kier alpha value is -4.51. The van der Waals surface area contributed by atoms with E-state index in [4.69, 9.17) is 26.4 Å². The molecule has 4 rings (SSSR count). The number of aromatic hydroxyl groups is 1. The van der Waals surface area contributed by atoms with Crippen LogP contribution >= 0.6 is 12.2 Å². The standard InChI is InChI=1S/C27H30N6O4S/c1-28-23-12-11-22(37-17-29-20-9-6-10-21(16-20)33-27(38)30-31-32-33)15-19(23)8-5-4-7-18-13-24(35-2)26(34)25(14-18)36-3/h4,6-7,9-16,28-29,34H,5,8,17H2,1-3H3,(H,30,32,38)/b7-4-. The van der Waals surface area contributed by atoms with E-state index in [9.17, 15) is 5.11 Å². The number of phenols is 1. The van der Waals surface area contributed by atoms with Gasteiger partial charge in [0.2, 0.25) is 10.5 Å². The third-order valence-corrected chi connectivity index (χ3v) is 6.09. The lowest BCUT2D eigenvalue weighted by Gasteiger charge is -2.13. The van der Waals surface area contributed by atoms with Crippen LogP contribution in [0.25, 0.3) is 11.8 Å². The van der Waals surface area contributed by atoms with Gasteiger partial charge in [-0.2, -0.15) is 5.21 Å². The molecule has 0 spiro atoms. The summed E-state index contributed by atoms with van der Waals surface area (Å²) in [5, 5.41) is 26.9. The zero-order chi connectivity index (χ0) is 26.9. The number of allylic oxidation sites excluding steroid dienone is 1. The van der Waals surface area contributed by atoms with E-state index in [2.05, 4.69) is 32.2 Å². The Morgan fingerprint density at radius 1 is 1.08 bits per heavy atom. The number of nitrogens with zero attached hydrogens (tertiary/aromatic N) is 3. The van der Waals surface area contributed by atoms with Crippen molar-refractivity contribution in [2.24, 2.45) is 0 Å². The Morgan fingerprint density at radius 2 is 1.87 bits per heavy atom. The lowest BCUT2D eigenvalue weighted by molar-refractivity contribution is 0.340. The molecular weight excluding hydrogens is 504 g/mol. The van der Waals surface area contributed by atoms with Gasteiger partial charge in [-0.1, -0.05) is 28.5 Å². The van der Waals surface area contributed by atoms with Gasteiger partial charge in [0.05, 0.1) is 19.9 Å². The number of rotatable bonds is 12. The van der Waals surface area contributed by atoms with E-state index in [-0.39, 0.29) is 5.75 Å². The molecule has 0 aliphatic heterocycles. The van der Waals surface area contributed by atoms with Crippen molar-refractivity contribution in [2.45, 2.75) is 12.8 Å². The molecule has 0 unspecified atom stereocenters. The van der Waals surface area contributed by atoms with Gasteiger partial charge in [-0.3, -0.25) is 0 Å². The number of aryl methyl sites for hydroxylation is 1. The zero-order valence-electron chi connectivity index (χ0n) is 21.4. The summed E-state index contributed by atoms with van der Waals surface area (Å²) in [5.74, 6) is 1.49. The number of benzene rings is 3. The van der Waals surface area contributed by atoms with Crippen molar-refractivity contribution in [3.8, 4) is 28.7 Å². The number of hydrogen-bond donors (Lipinski definition) is 4. The van der Waals surface area contributed by atoms with E-state index in [0.717, 1.165) is 46.8 Å². The SMILES string of the molecule is CNc1ccc(OCNc2cccc(-n3[nH]nnc3=S)c2)cc1CC/C=C\c1cc(OC)c(O)c(OC)c1. The minimum absolute atomic E-state index is 0.00979. The van der Waals surface area contributed by atoms with Crippen molar-refractivity contribution in [2.75, 3.05) is 38.6 Å². The molecule has 0 amide bonds. The number of phenolic OH excluding ortho intramolecular Hbond substituents is 1. The van der Waals surface area contributed by atoms with Crippen LogP contribution in [-0.2, 0) is 6.42 Å². The van der Waals surface area contributed by atoms with Crippen molar-refractivity contribution in [3.05, 3.63) is 76.6 Å². The molecule has 1 aromatic heterocycles. The Bertz CT molecular complexity index is 1440. The average Bonchev–Trinajstić information content (AvgIpc) is 3.37. The minimum atomic E-state index is -0.00979. The van der Waals surface area contributed by atoms with Crippen LogP contribution in [0.15, 0.2) is 60.7 Å². The summed E-state index contributed by atoms with van der Waals surface area (Å²) >= 11 is 5.17. The number of tetrazole rings is 1. The first-order chi connectivity index (χ1) is 18.5. The van der Waals surface area contributed by atoms with Gasteiger partial charge in [0.25, 0.3) is 0 Å². The predicted octanol–water partition coefficient (Wildman–Crippen LogP) is 5.18. The summed E-state index contributed by atoms with van der Waals surface area (Å²) in [6, 6.07) is 17.2. The Balaban J connectivity index is 1.36. The zero-order valence-corrected chi connectivity index (χ0v) is 22.2. The largest absolute Gasteiger partial charge is 0.502 e. The third-order valence-electron chi connectivity index (χ3n) is 5.83. The second-order valence-corrected chi connectivity index (χ2v) is 8.58. The van der Waals surface area contributed by atoms with Gasteiger partial charge in [-0.15, -0.1) is 0 Å². The fourth-order valence-electron chi connectivity index (χ4n) is 3.90. The van der Waals surface area contributed by atoms with E-state index < -0.39 is 0 Å². The topological polar surface area (TPSA) is 118 Å². The fraction of sp³-hybridized carbons (Fsp3) is 0.222. The number of aromatic amines is 1. The maximum atomic E-state index is 10.1. The van der Waals surface area contributed by atoms with Crippen LogP contribution in [0.2, 0.25) is 0 Å². The number of H-pyrrole nitrogens is 1. The van der Waals surface area contributed by atoms with Crippen LogP contribution in [0.1, 0.15) is 17.5 Å². The molecule has 0 saturated heterocycles. The molecule has 0 aliphatic carbocycles. The molecule has 0 atom stereocenters. The molecule has 0 aliphatic rings. The molecule has 0 fully saturated rings. The predicted molar refractivity (Wildman–Crippen MR) is 150 cm³/mol. The maximum Gasteiger partial charge on any atom is 0.242 e. The number of nitrogens with one attached hydrogen (secondary N) is 3. The van der Waals surface area contributed by atoms with Crippen LogP contribution < -0.4 is 24.8 Å². The number of methoxy groups -OCH3 is 2. The average molecular weight is 535 g/mol. The van der Waals surface area contributed by atoms with Crippen LogP contribution in [0.3, 0.4) is 0 Å². The fourth-order valence-corrected chi connectivity index (χ4v) is 4.09. The highest BCUT2D eigenvalue weighted by molar-refractivity contribution is 7.71. The van der Waals surface area contributed by atoms with Gasteiger partial charge in [-0.25, -0.2) is 4.68 Å². The van der Waals surface area contributed by atoms with Crippen molar-refractivity contribution in [3.63, 3.8) is 0 Å². The second-order valence-electron chi connectivity index (χ2n) is 8.22. The normalized spacial score (nSPS) is 10.9. The number of hydrogen-bond acceptors (Lipinski definition) is 9. The summed E-state index contributed by atoms with van der Waals surface area (Å²) in [4.78, 5) is 0. The van der Waals surface area contributed by atoms with Crippen molar-refractivity contribution in [1.29, 1.82) is 0 Å². The lowest BCUT2D eigenvalue weighted by atomic mass is 10.1. The van der Waals surface area contributed by atoms with Crippen molar-refractivity contribution < 1.29 is 19.3 Å². The molecule has 38 heavy (non-hydrogen) atoms. The van der Waals surface area contributed by atoms with Gasteiger partial charge < -0.3 is 30.0 Å². The van der Waals surface area contributed by atoms with Gasteiger partial charge >= 0.3 is 0 Å². The monoisotopic (exact) mass is 534 g/mol. The highest BCUT2D eigenvalue weighted by Crippen LogP contribution is 2.37. The summed E-state index contributed by atoms with van der Waals surface area (Å²) in [6.07, 6.45) is 5.67. The number of aromatic nitrogens is 4. The van der Waals surface area contributed by atoms with Gasteiger partial charge in [0.15, 0.2) is 18.2 Å². The first-order valence-electron chi connectivity index (χ1n) is 11.9. The van der Waals surface area contributed by atoms with Crippen LogP contribution in [0.5, 0.6) is 23.0 Å². The Morgan fingerprint density at radius 3 is 2.55 bits per heavy atom. The highest BCUT2D eigenvalue weighted by Gasteiger charge is 2.10. The molecule has 0 saturated carbocycles. The molecule has 198 valence electrons.